The van der Waals surface area contributed by atoms with Crippen LogP contribution in [0.15, 0.2) is 30.5 Å². The maximum atomic E-state index is 11.6. The number of rotatable bonds is 4. The molecule has 1 amide bonds. The van der Waals surface area contributed by atoms with Crippen molar-refractivity contribution in [3.05, 3.63) is 53.1 Å². The molecule has 2 fully saturated rings. The van der Waals surface area contributed by atoms with Gasteiger partial charge in [0.05, 0.1) is 17.9 Å². The minimum atomic E-state index is 0.131. The Kier molecular flexibility index (Phi) is 5.78. The Balaban J connectivity index is 1.27. The van der Waals surface area contributed by atoms with Gasteiger partial charge in [0.25, 0.3) is 0 Å². The lowest BCUT2D eigenvalue weighted by atomic mass is 9.73. The van der Waals surface area contributed by atoms with Gasteiger partial charge in [-0.1, -0.05) is 19.1 Å². The largest absolute Gasteiger partial charge is 0.508 e. The summed E-state index contributed by atoms with van der Waals surface area (Å²) in [5, 5.41) is 9.86. The van der Waals surface area contributed by atoms with Gasteiger partial charge in [0.1, 0.15) is 11.6 Å². The van der Waals surface area contributed by atoms with E-state index >= 15 is 0 Å². The van der Waals surface area contributed by atoms with Crippen molar-refractivity contribution in [2.45, 2.75) is 64.0 Å². The van der Waals surface area contributed by atoms with Gasteiger partial charge in [-0.25, -0.2) is 10.4 Å². The summed E-state index contributed by atoms with van der Waals surface area (Å²) in [7, 11) is 0. The molecule has 7 nitrogen and oxygen atoms in total. The van der Waals surface area contributed by atoms with E-state index in [-0.39, 0.29) is 11.9 Å². The van der Waals surface area contributed by atoms with Crippen LogP contribution in [0.1, 0.15) is 74.1 Å². The summed E-state index contributed by atoms with van der Waals surface area (Å²) in [6.07, 6.45) is 9.25. The molecule has 1 aromatic carbocycles. The number of carbonyl (C=O) groups is 1. The van der Waals surface area contributed by atoms with Crippen LogP contribution < -0.4 is 10.9 Å². The average molecular weight is 436 g/mol. The van der Waals surface area contributed by atoms with Crippen molar-refractivity contribution >= 4 is 11.5 Å². The van der Waals surface area contributed by atoms with Gasteiger partial charge in [-0.05, 0) is 72.8 Å². The molecule has 7 heteroatoms. The van der Waals surface area contributed by atoms with Crippen LogP contribution in [0.25, 0.3) is 5.57 Å². The molecule has 1 saturated heterocycles. The summed E-state index contributed by atoms with van der Waals surface area (Å²) in [6.45, 7) is 5.22. The number of amides is 1. The minimum absolute atomic E-state index is 0.131. The molecule has 5 rings (SSSR count). The number of hydrogen-bond donors (Lipinski definition) is 4. The maximum Gasteiger partial charge on any atom is 0.219 e. The number of hydrogen-bond acceptors (Lipinski definition) is 5. The average Bonchev–Trinajstić information content (AvgIpc) is 3.45. The van der Waals surface area contributed by atoms with Gasteiger partial charge >= 0.3 is 0 Å². The predicted octanol–water partition coefficient (Wildman–Crippen LogP) is 3.41. The second kappa shape index (κ2) is 8.71. The number of phenolic OH excluding ortho intramolecular Hbond substituents is 1. The van der Waals surface area contributed by atoms with Crippen molar-refractivity contribution < 1.29 is 9.90 Å². The molecule has 1 aliphatic carbocycles. The summed E-state index contributed by atoms with van der Waals surface area (Å²) >= 11 is 0. The van der Waals surface area contributed by atoms with Crippen LogP contribution in [0, 0.1) is 5.92 Å². The second-order valence-electron chi connectivity index (χ2n) is 9.41. The Bertz CT molecular complexity index is 1030. The van der Waals surface area contributed by atoms with Crippen LogP contribution in [0.4, 0.5) is 0 Å². The highest BCUT2D eigenvalue weighted by Gasteiger charge is 2.42. The van der Waals surface area contributed by atoms with E-state index in [1.54, 1.807) is 6.92 Å². The molecule has 0 spiro atoms. The highest BCUT2D eigenvalue weighted by molar-refractivity contribution is 5.75. The third kappa shape index (κ3) is 3.95. The lowest BCUT2D eigenvalue weighted by molar-refractivity contribution is -0.128. The number of hydrazine groups is 1. The van der Waals surface area contributed by atoms with E-state index in [9.17, 15) is 9.90 Å². The number of nitrogens with one attached hydrogen (secondary N) is 3. The number of aryl methyl sites for hydroxylation is 1. The first-order valence-electron chi connectivity index (χ1n) is 11.9. The van der Waals surface area contributed by atoms with Crippen LogP contribution >= 0.6 is 0 Å². The zero-order chi connectivity index (χ0) is 22.2. The summed E-state index contributed by atoms with van der Waals surface area (Å²) in [5.74, 6) is 2.50. The van der Waals surface area contributed by atoms with E-state index in [1.807, 2.05) is 23.2 Å². The van der Waals surface area contributed by atoms with Crippen molar-refractivity contribution in [1.29, 1.82) is 0 Å². The Hall–Kier alpha value is -2.64. The fourth-order valence-corrected chi connectivity index (χ4v) is 5.77. The highest BCUT2D eigenvalue weighted by Crippen LogP contribution is 2.44. The van der Waals surface area contributed by atoms with Crippen molar-refractivity contribution in [2.75, 3.05) is 13.1 Å². The summed E-state index contributed by atoms with van der Waals surface area (Å²) < 4.78 is 0. The number of carbonyl (C=O) groups excluding carboxylic acids is 1. The Morgan fingerprint density at radius 2 is 2.16 bits per heavy atom. The van der Waals surface area contributed by atoms with Gasteiger partial charge in [-0.3, -0.25) is 10.2 Å². The highest BCUT2D eigenvalue weighted by atomic mass is 16.3. The van der Waals surface area contributed by atoms with Crippen molar-refractivity contribution in [2.24, 2.45) is 5.92 Å². The number of aromatic nitrogens is 2. The first-order chi connectivity index (χ1) is 15.5. The predicted molar refractivity (Wildman–Crippen MR) is 124 cm³/mol. The number of fused-ring (bicyclic) bond motifs is 1. The number of aromatic amines is 1. The first kappa shape index (κ1) is 21.2. The van der Waals surface area contributed by atoms with Crippen LogP contribution in [-0.2, 0) is 11.2 Å². The third-order valence-corrected chi connectivity index (χ3v) is 7.59. The number of benzene rings is 1. The quantitative estimate of drug-likeness (QED) is 0.591. The molecule has 4 atom stereocenters. The fourth-order valence-electron chi connectivity index (χ4n) is 5.77. The molecule has 0 bridgehead atoms. The van der Waals surface area contributed by atoms with Gasteiger partial charge in [-0.15, -0.1) is 0 Å². The number of aromatic hydroxyl groups is 1. The number of H-pyrrole nitrogens is 1. The van der Waals surface area contributed by atoms with Crippen LogP contribution in [0.5, 0.6) is 5.75 Å². The number of phenols is 1. The monoisotopic (exact) mass is 435 g/mol. The normalized spacial score (nSPS) is 27.8. The van der Waals surface area contributed by atoms with Gasteiger partial charge in [0, 0.05) is 26.1 Å². The molecular formula is C25H33N5O2. The van der Waals surface area contributed by atoms with Gasteiger partial charge < -0.3 is 15.0 Å². The molecule has 1 aromatic heterocycles. The van der Waals surface area contributed by atoms with Crippen molar-refractivity contribution in [3.8, 4) is 5.75 Å². The fraction of sp³-hybridized carbons (Fsp3) is 0.520. The van der Waals surface area contributed by atoms with Gasteiger partial charge in [0.2, 0.25) is 5.91 Å². The minimum Gasteiger partial charge on any atom is -0.508 e. The van der Waals surface area contributed by atoms with E-state index in [1.165, 1.54) is 16.7 Å². The molecular weight excluding hydrogens is 402 g/mol. The van der Waals surface area contributed by atoms with Crippen molar-refractivity contribution in [1.82, 2.24) is 25.7 Å². The Labute approximate surface area is 189 Å². The standard InChI is InChI=1S/C25H33N5O2/c1-3-16-12-19(32)5-7-20(16)18-4-6-21-22(13-18)28-29-24(21)25-26-14-23(27-25)17-8-10-30(11-9-17)15(2)31/h5,7-8,12,14,18,21-22,24,28-29,32H,3-4,6,9-11,13H2,1-2H3,(H,26,27). The molecule has 3 heterocycles. The lowest BCUT2D eigenvalue weighted by Crippen LogP contribution is -2.35. The molecule has 0 radical (unpaired) electrons. The summed E-state index contributed by atoms with van der Waals surface area (Å²) in [4.78, 5) is 21.7. The molecule has 2 aromatic rings. The van der Waals surface area contributed by atoms with Crippen LogP contribution in [0.3, 0.4) is 0 Å². The molecule has 2 aliphatic heterocycles. The molecule has 4 N–H and O–H groups in total. The third-order valence-electron chi connectivity index (χ3n) is 7.59. The molecule has 4 unspecified atom stereocenters. The van der Waals surface area contributed by atoms with Crippen LogP contribution in [-0.4, -0.2) is 45.0 Å². The zero-order valence-corrected chi connectivity index (χ0v) is 18.9. The molecule has 3 aliphatic rings. The van der Waals surface area contributed by atoms with E-state index in [0.717, 1.165) is 50.2 Å². The van der Waals surface area contributed by atoms with Crippen LogP contribution in [0.2, 0.25) is 0 Å². The SMILES string of the molecule is CCc1cc(O)ccc1C1CCC2C(C1)NNC2c1ncc(C2=CCN(C(C)=O)CC2)[nH]1. The van der Waals surface area contributed by atoms with E-state index in [0.29, 0.717) is 30.2 Å². The van der Waals surface area contributed by atoms with Gasteiger partial charge in [0.15, 0.2) is 0 Å². The Morgan fingerprint density at radius 1 is 1.28 bits per heavy atom. The maximum absolute atomic E-state index is 11.6. The van der Waals surface area contributed by atoms with E-state index in [2.05, 4.69) is 34.9 Å². The lowest BCUT2D eigenvalue weighted by Gasteiger charge is -2.33. The first-order valence-corrected chi connectivity index (χ1v) is 11.9. The van der Waals surface area contributed by atoms with E-state index < -0.39 is 0 Å². The second-order valence-corrected chi connectivity index (χ2v) is 9.41. The van der Waals surface area contributed by atoms with Gasteiger partial charge in [-0.2, -0.15) is 0 Å². The van der Waals surface area contributed by atoms with Crippen molar-refractivity contribution in [3.63, 3.8) is 0 Å². The number of nitrogens with zero attached hydrogens (tertiary/aromatic N) is 2. The smallest absolute Gasteiger partial charge is 0.219 e. The summed E-state index contributed by atoms with van der Waals surface area (Å²) in [6, 6.07) is 6.44. The van der Waals surface area contributed by atoms with E-state index in [4.69, 9.17) is 4.98 Å². The molecule has 1 saturated carbocycles. The summed E-state index contributed by atoms with van der Waals surface area (Å²) in [5.41, 5.74) is 12.0. The molecule has 170 valence electrons. The number of imidazole rings is 1. The zero-order valence-electron chi connectivity index (χ0n) is 18.9. The molecule has 32 heavy (non-hydrogen) atoms. The topological polar surface area (TPSA) is 93.3 Å². The Morgan fingerprint density at radius 3 is 2.91 bits per heavy atom.